The Morgan fingerprint density at radius 1 is 1.35 bits per heavy atom. The molecule has 0 spiro atoms. The molecule has 130 valence electrons. The fourth-order valence-electron chi connectivity index (χ4n) is 1.87. The first-order valence-electron chi connectivity index (χ1n) is 7.37. The van der Waals surface area contributed by atoms with E-state index in [-0.39, 0.29) is 19.0 Å². The average molecular weight is 363 g/mol. The zero-order chi connectivity index (χ0) is 17.3. The molecule has 0 unspecified atom stereocenters. The number of hydrogen-bond donors (Lipinski definition) is 1. The molecule has 0 aliphatic carbocycles. The number of halogens is 1. The molecule has 1 amide bonds. The van der Waals surface area contributed by atoms with E-state index in [0.717, 1.165) is 10.6 Å². The van der Waals surface area contributed by atoms with Crippen molar-refractivity contribution in [2.24, 2.45) is 0 Å². The van der Waals surface area contributed by atoms with Crippen molar-refractivity contribution in [3.05, 3.63) is 34.9 Å². The van der Waals surface area contributed by atoms with Crippen LogP contribution in [-0.4, -0.2) is 51.2 Å². The summed E-state index contributed by atoms with van der Waals surface area (Å²) in [6, 6.07) is 6.96. The zero-order valence-corrected chi connectivity index (χ0v) is 15.0. The number of ether oxygens (including phenoxy) is 1. The van der Waals surface area contributed by atoms with E-state index in [9.17, 15) is 13.2 Å². The van der Waals surface area contributed by atoms with Gasteiger partial charge in [-0.1, -0.05) is 29.8 Å². The lowest BCUT2D eigenvalue weighted by atomic mass is 10.2. The molecule has 0 fully saturated rings. The molecule has 23 heavy (non-hydrogen) atoms. The SMILES string of the molecule is CCOCCCNC(=O)CN(Cc1ccccc1Cl)S(C)(=O)=O. The van der Waals surface area contributed by atoms with Gasteiger partial charge in [-0.2, -0.15) is 4.31 Å². The summed E-state index contributed by atoms with van der Waals surface area (Å²) in [4.78, 5) is 11.9. The number of amides is 1. The highest BCUT2D eigenvalue weighted by atomic mass is 35.5. The predicted octanol–water partition coefficient (Wildman–Crippen LogP) is 1.64. The lowest BCUT2D eigenvalue weighted by Gasteiger charge is -2.20. The minimum atomic E-state index is -3.52. The van der Waals surface area contributed by atoms with Crippen molar-refractivity contribution in [2.45, 2.75) is 19.9 Å². The molecule has 1 aromatic carbocycles. The maximum Gasteiger partial charge on any atom is 0.235 e. The highest BCUT2D eigenvalue weighted by Crippen LogP contribution is 2.18. The molecule has 0 saturated carbocycles. The Labute approximate surface area is 142 Å². The van der Waals surface area contributed by atoms with Crippen LogP contribution in [0.25, 0.3) is 0 Å². The van der Waals surface area contributed by atoms with Crippen molar-refractivity contribution in [3.8, 4) is 0 Å². The van der Waals surface area contributed by atoms with Gasteiger partial charge in [0.15, 0.2) is 0 Å². The van der Waals surface area contributed by atoms with E-state index in [0.29, 0.717) is 36.8 Å². The number of benzene rings is 1. The van der Waals surface area contributed by atoms with Crippen LogP contribution in [0.5, 0.6) is 0 Å². The molecule has 6 nitrogen and oxygen atoms in total. The topological polar surface area (TPSA) is 75.7 Å². The van der Waals surface area contributed by atoms with E-state index in [1.807, 2.05) is 6.92 Å². The summed E-state index contributed by atoms with van der Waals surface area (Å²) in [6.45, 7) is 3.36. The summed E-state index contributed by atoms with van der Waals surface area (Å²) in [5.74, 6) is -0.348. The fraction of sp³-hybridized carbons (Fsp3) is 0.533. The minimum Gasteiger partial charge on any atom is -0.382 e. The molecular formula is C15H23ClN2O4S. The van der Waals surface area contributed by atoms with E-state index < -0.39 is 10.0 Å². The summed E-state index contributed by atoms with van der Waals surface area (Å²) in [5, 5.41) is 3.16. The quantitative estimate of drug-likeness (QED) is 0.642. The van der Waals surface area contributed by atoms with Gasteiger partial charge >= 0.3 is 0 Å². The third-order valence-corrected chi connectivity index (χ3v) is 4.65. The molecule has 0 radical (unpaired) electrons. The summed E-state index contributed by atoms with van der Waals surface area (Å²) in [6.07, 6.45) is 1.76. The lowest BCUT2D eigenvalue weighted by molar-refractivity contribution is -0.121. The number of nitrogens with one attached hydrogen (secondary N) is 1. The van der Waals surface area contributed by atoms with Crippen LogP contribution >= 0.6 is 11.6 Å². The highest BCUT2D eigenvalue weighted by Gasteiger charge is 2.21. The van der Waals surface area contributed by atoms with Crippen LogP contribution < -0.4 is 5.32 Å². The Morgan fingerprint density at radius 3 is 2.65 bits per heavy atom. The molecule has 0 aromatic heterocycles. The molecule has 0 bridgehead atoms. The Bertz CT molecular complexity index is 607. The molecule has 1 rings (SSSR count). The Balaban J connectivity index is 2.59. The second-order valence-corrected chi connectivity index (χ2v) is 7.41. The van der Waals surface area contributed by atoms with Gasteiger partial charge in [-0.15, -0.1) is 0 Å². The fourth-order valence-corrected chi connectivity index (χ4v) is 2.79. The van der Waals surface area contributed by atoms with Crippen molar-refractivity contribution < 1.29 is 17.9 Å². The van der Waals surface area contributed by atoms with Crippen LogP contribution in [0, 0.1) is 0 Å². The maximum absolute atomic E-state index is 11.9. The van der Waals surface area contributed by atoms with Gasteiger partial charge in [0.05, 0.1) is 12.8 Å². The van der Waals surface area contributed by atoms with Crippen LogP contribution in [0.3, 0.4) is 0 Å². The molecule has 0 aliphatic heterocycles. The number of sulfonamides is 1. The van der Waals surface area contributed by atoms with Crippen LogP contribution in [0.1, 0.15) is 18.9 Å². The van der Waals surface area contributed by atoms with Crippen LogP contribution in [-0.2, 0) is 26.1 Å². The van der Waals surface area contributed by atoms with Gasteiger partial charge in [-0.05, 0) is 25.0 Å². The number of hydrogen-bond acceptors (Lipinski definition) is 4. The van der Waals surface area contributed by atoms with E-state index in [2.05, 4.69) is 5.32 Å². The molecule has 0 atom stereocenters. The summed E-state index contributed by atoms with van der Waals surface area (Å²) >= 11 is 6.05. The Hall–Kier alpha value is -1.15. The smallest absolute Gasteiger partial charge is 0.235 e. The van der Waals surface area contributed by atoms with Crippen molar-refractivity contribution in [1.29, 1.82) is 0 Å². The lowest BCUT2D eigenvalue weighted by Crippen LogP contribution is -2.40. The van der Waals surface area contributed by atoms with Crippen LogP contribution in [0.15, 0.2) is 24.3 Å². The van der Waals surface area contributed by atoms with E-state index in [4.69, 9.17) is 16.3 Å². The average Bonchev–Trinajstić information content (AvgIpc) is 2.47. The minimum absolute atomic E-state index is 0.0604. The van der Waals surface area contributed by atoms with Gasteiger partial charge in [0.1, 0.15) is 0 Å². The van der Waals surface area contributed by atoms with Crippen molar-refractivity contribution in [2.75, 3.05) is 32.6 Å². The molecule has 8 heteroatoms. The van der Waals surface area contributed by atoms with E-state index >= 15 is 0 Å². The van der Waals surface area contributed by atoms with Gasteiger partial charge in [0, 0.05) is 31.3 Å². The van der Waals surface area contributed by atoms with Gasteiger partial charge in [-0.3, -0.25) is 4.79 Å². The second-order valence-electron chi connectivity index (χ2n) is 5.02. The first-order valence-corrected chi connectivity index (χ1v) is 9.60. The molecule has 1 N–H and O–H groups in total. The largest absolute Gasteiger partial charge is 0.382 e. The van der Waals surface area contributed by atoms with Gasteiger partial charge < -0.3 is 10.1 Å². The predicted molar refractivity (Wildman–Crippen MR) is 90.8 cm³/mol. The Morgan fingerprint density at radius 2 is 2.04 bits per heavy atom. The third kappa shape index (κ3) is 7.78. The number of carbonyl (C=O) groups is 1. The van der Waals surface area contributed by atoms with Gasteiger partial charge in [0.25, 0.3) is 0 Å². The number of nitrogens with zero attached hydrogens (tertiary/aromatic N) is 1. The second kappa shape index (κ2) is 9.87. The molecule has 1 aromatic rings. The first kappa shape index (κ1) is 19.9. The van der Waals surface area contributed by atoms with Crippen LogP contribution in [0.2, 0.25) is 5.02 Å². The number of carbonyl (C=O) groups excluding carboxylic acids is 1. The molecule has 0 saturated heterocycles. The van der Waals surface area contributed by atoms with Crippen molar-refractivity contribution >= 4 is 27.5 Å². The highest BCUT2D eigenvalue weighted by molar-refractivity contribution is 7.88. The summed E-state index contributed by atoms with van der Waals surface area (Å²) < 4.78 is 30.0. The zero-order valence-electron chi connectivity index (χ0n) is 13.4. The van der Waals surface area contributed by atoms with Gasteiger partial charge in [0.2, 0.25) is 15.9 Å². The van der Waals surface area contributed by atoms with Gasteiger partial charge in [-0.25, -0.2) is 8.42 Å². The third-order valence-electron chi connectivity index (χ3n) is 3.09. The van der Waals surface area contributed by atoms with E-state index in [1.54, 1.807) is 24.3 Å². The van der Waals surface area contributed by atoms with Crippen molar-refractivity contribution in [3.63, 3.8) is 0 Å². The first-order chi connectivity index (χ1) is 10.8. The normalized spacial score (nSPS) is 11.7. The van der Waals surface area contributed by atoms with Crippen LogP contribution in [0.4, 0.5) is 0 Å². The maximum atomic E-state index is 11.9. The molecular weight excluding hydrogens is 340 g/mol. The molecule has 0 heterocycles. The molecule has 0 aliphatic rings. The Kier molecular flexibility index (Phi) is 8.54. The monoisotopic (exact) mass is 362 g/mol. The summed E-state index contributed by atoms with van der Waals surface area (Å²) in [7, 11) is -3.52. The van der Waals surface area contributed by atoms with Crippen molar-refractivity contribution in [1.82, 2.24) is 9.62 Å². The number of rotatable bonds is 10. The van der Waals surface area contributed by atoms with E-state index in [1.165, 1.54) is 0 Å². The standard InChI is InChI=1S/C15H23ClN2O4S/c1-3-22-10-6-9-17-15(19)12-18(23(2,20)21)11-13-7-4-5-8-14(13)16/h4-5,7-8H,3,6,9-12H2,1-2H3,(H,17,19). The summed E-state index contributed by atoms with van der Waals surface area (Å²) in [5.41, 5.74) is 0.656.